The Labute approximate surface area is 101 Å². The summed E-state index contributed by atoms with van der Waals surface area (Å²) in [6.45, 7) is 4.48. The average Bonchev–Trinajstić information content (AvgIpc) is 2.39. The molecule has 0 fully saturated rings. The lowest BCUT2D eigenvalue weighted by atomic mass is 10.2. The zero-order chi connectivity index (χ0) is 13.1. The van der Waals surface area contributed by atoms with E-state index in [4.69, 9.17) is 5.26 Å². The summed E-state index contributed by atoms with van der Waals surface area (Å²) in [7, 11) is 1.68. The molecule has 1 rings (SSSR count). The van der Waals surface area contributed by atoms with Crippen LogP contribution < -0.4 is 5.32 Å². The molecule has 0 saturated heterocycles. The van der Waals surface area contributed by atoms with Gasteiger partial charge in [-0.1, -0.05) is 0 Å². The van der Waals surface area contributed by atoms with Gasteiger partial charge in [0.2, 0.25) is 0 Å². The predicted octanol–water partition coefficient (Wildman–Crippen LogP) is 1.61. The second-order valence-electron chi connectivity index (χ2n) is 3.16. The van der Waals surface area contributed by atoms with Crippen molar-refractivity contribution < 1.29 is 9.53 Å². The molecular weight excluding hydrogens is 218 g/mol. The number of nitriles is 1. The van der Waals surface area contributed by atoms with E-state index in [1.807, 2.05) is 13.0 Å². The first kappa shape index (κ1) is 15.1. The lowest BCUT2D eigenvalue weighted by Gasteiger charge is -2.08. The van der Waals surface area contributed by atoms with Crippen LogP contribution in [0.2, 0.25) is 0 Å². The molecule has 0 aromatic carbocycles. The number of nitrogens with zero attached hydrogens (tertiary/aromatic N) is 2. The van der Waals surface area contributed by atoms with Crippen LogP contribution >= 0.6 is 0 Å². The number of rotatable bonds is 4. The summed E-state index contributed by atoms with van der Waals surface area (Å²) in [5.74, 6) is 0.449. The smallest absolute Gasteiger partial charge is 0.144 e. The van der Waals surface area contributed by atoms with Crippen molar-refractivity contribution in [1.29, 1.82) is 5.26 Å². The van der Waals surface area contributed by atoms with Crippen LogP contribution in [0.3, 0.4) is 0 Å². The lowest BCUT2D eigenvalue weighted by molar-refractivity contribution is -0.108. The number of carbonyl (C=O) groups excluding carboxylic acids is 1. The maximum Gasteiger partial charge on any atom is 0.144 e. The topological polar surface area (TPSA) is 75.0 Å². The van der Waals surface area contributed by atoms with Crippen LogP contribution in [0.15, 0.2) is 18.3 Å². The molecule has 1 unspecified atom stereocenters. The molecule has 0 amide bonds. The van der Waals surface area contributed by atoms with Crippen LogP contribution in [0.1, 0.15) is 19.4 Å². The molecular formula is C12H17N3O2. The highest BCUT2D eigenvalue weighted by Crippen LogP contribution is 2.09. The summed E-state index contributed by atoms with van der Waals surface area (Å²) >= 11 is 0. The van der Waals surface area contributed by atoms with Gasteiger partial charge in [0.25, 0.3) is 0 Å². The molecule has 0 aliphatic rings. The van der Waals surface area contributed by atoms with E-state index < -0.39 is 0 Å². The van der Waals surface area contributed by atoms with Crippen molar-refractivity contribution in [2.45, 2.75) is 19.9 Å². The highest BCUT2D eigenvalue weighted by Gasteiger charge is 2.04. The van der Waals surface area contributed by atoms with Crippen molar-refractivity contribution in [2.75, 3.05) is 19.0 Å². The predicted molar refractivity (Wildman–Crippen MR) is 65.7 cm³/mol. The van der Waals surface area contributed by atoms with Crippen LogP contribution in [-0.2, 0) is 9.53 Å². The summed E-state index contributed by atoms with van der Waals surface area (Å²) in [5, 5.41) is 11.5. The zero-order valence-electron chi connectivity index (χ0n) is 10.3. The van der Waals surface area contributed by atoms with Crippen LogP contribution in [0.4, 0.5) is 5.82 Å². The first-order valence-corrected chi connectivity index (χ1v) is 5.25. The summed E-state index contributed by atoms with van der Waals surface area (Å²) in [6.07, 6.45) is 2.33. The third-order valence-corrected chi connectivity index (χ3v) is 1.79. The number of ether oxygens (including phenoxy) is 1. The average molecular weight is 235 g/mol. The summed E-state index contributed by atoms with van der Waals surface area (Å²) in [4.78, 5) is 14.3. The van der Waals surface area contributed by atoms with Crippen molar-refractivity contribution in [1.82, 2.24) is 4.98 Å². The number of aromatic nitrogens is 1. The summed E-state index contributed by atoms with van der Waals surface area (Å²) in [6, 6.07) is 4.97. The first-order chi connectivity index (χ1) is 8.19. The molecule has 1 aromatic heterocycles. The van der Waals surface area contributed by atoms with Gasteiger partial charge in [0.1, 0.15) is 18.2 Å². The van der Waals surface area contributed by atoms with Gasteiger partial charge in [0, 0.05) is 19.9 Å². The number of hydrogen-bond acceptors (Lipinski definition) is 5. The van der Waals surface area contributed by atoms with Gasteiger partial charge in [-0.15, -0.1) is 0 Å². The van der Waals surface area contributed by atoms with Gasteiger partial charge < -0.3 is 14.8 Å². The van der Waals surface area contributed by atoms with Gasteiger partial charge in [-0.2, -0.15) is 5.26 Å². The minimum absolute atomic E-state index is 0.331. The monoisotopic (exact) mass is 235 g/mol. The fraction of sp³-hybridized carbons (Fsp3) is 0.417. The number of methoxy groups -OCH3 is 1. The molecule has 0 aliphatic heterocycles. The van der Waals surface area contributed by atoms with E-state index >= 15 is 0 Å². The van der Waals surface area contributed by atoms with Crippen LogP contribution in [0, 0.1) is 11.3 Å². The first-order valence-electron chi connectivity index (χ1n) is 5.25. The Bertz CT molecular complexity index is 372. The minimum atomic E-state index is -0.331. The Morgan fingerprint density at radius 2 is 2.35 bits per heavy atom. The molecule has 5 nitrogen and oxygen atoms in total. The number of nitrogens with one attached hydrogen (secondary N) is 1. The number of hydrogen-bond donors (Lipinski definition) is 1. The van der Waals surface area contributed by atoms with E-state index in [-0.39, 0.29) is 6.04 Å². The number of pyridine rings is 1. The van der Waals surface area contributed by atoms with E-state index in [2.05, 4.69) is 15.0 Å². The largest absolute Gasteiger partial charge is 0.385 e. The standard InChI is InChI=1S/C9H9N3O.C3H8O/c1-7(6-13)12-9-8(5-10)3-2-4-11-9;1-3-4-2/h2-4,6-7H,1H3,(H,11,12);3H2,1-2H3. The van der Waals surface area contributed by atoms with Gasteiger partial charge >= 0.3 is 0 Å². The molecule has 1 heterocycles. The Kier molecular flexibility index (Phi) is 8.25. The zero-order valence-corrected chi connectivity index (χ0v) is 10.3. The van der Waals surface area contributed by atoms with Crippen molar-refractivity contribution >= 4 is 12.1 Å². The van der Waals surface area contributed by atoms with E-state index in [9.17, 15) is 4.79 Å². The Hall–Kier alpha value is -1.93. The quantitative estimate of drug-likeness (QED) is 0.802. The van der Waals surface area contributed by atoms with Gasteiger partial charge in [0.15, 0.2) is 0 Å². The Balaban J connectivity index is 0.000000557. The molecule has 0 saturated carbocycles. The van der Waals surface area contributed by atoms with Crippen molar-refractivity contribution in [3.63, 3.8) is 0 Å². The van der Waals surface area contributed by atoms with Crippen LogP contribution in [-0.4, -0.2) is 31.0 Å². The molecule has 1 aromatic rings. The van der Waals surface area contributed by atoms with Crippen molar-refractivity contribution in [2.24, 2.45) is 0 Å². The molecule has 0 spiro atoms. The van der Waals surface area contributed by atoms with Gasteiger partial charge in [-0.25, -0.2) is 4.98 Å². The molecule has 0 radical (unpaired) electrons. The maximum absolute atomic E-state index is 10.3. The molecule has 0 bridgehead atoms. The summed E-state index contributed by atoms with van der Waals surface area (Å²) < 4.78 is 4.54. The SMILES string of the molecule is CC(C=O)Nc1ncccc1C#N.CCOC. The van der Waals surface area contributed by atoms with Gasteiger partial charge in [-0.05, 0) is 26.0 Å². The second kappa shape index (κ2) is 9.31. The van der Waals surface area contributed by atoms with Crippen molar-refractivity contribution in [3.8, 4) is 6.07 Å². The van der Waals surface area contributed by atoms with Crippen LogP contribution in [0.25, 0.3) is 0 Å². The van der Waals surface area contributed by atoms with E-state index in [0.717, 1.165) is 12.9 Å². The Morgan fingerprint density at radius 1 is 1.71 bits per heavy atom. The van der Waals surface area contributed by atoms with E-state index in [1.54, 1.807) is 32.4 Å². The Morgan fingerprint density at radius 3 is 2.82 bits per heavy atom. The minimum Gasteiger partial charge on any atom is -0.385 e. The number of carbonyl (C=O) groups is 1. The van der Waals surface area contributed by atoms with Crippen molar-refractivity contribution in [3.05, 3.63) is 23.9 Å². The molecule has 5 heteroatoms. The van der Waals surface area contributed by atoms with Gasteiger partial charge in [-0.3, -0.25) is 0 Å². The van der Waals surface area contributed by atoms with Gasteiger partial charge in [0.05, 0.1) is 11.6 Å². The van der Waals surface area contributed by atoms with E-state index in [0.29, 0.717) is 11.4 Å². The lowest BCUT2D eigenvalue weighted by Crippen LogP contribution is -2.17. The molecule has 1 N–H and O–H groups in total. The highest BCUT2D eigenvalue weighted by molar-refractivity contribution is 5.64. The summed E-state index contributed by atoms with van der Waals surface area (Å²) in [5.41, 5.74) is 0.441. The third kappa shape index (κ3) is 6.28. The van der Waals surface area contributed by atoms with E-state index in [1.165, 1.54) is 0 Å². The second-order valence-corrected chi connectivity index (χ2v) is 3.16. The molecule has 1 atom stereocenters. The third-order valence-electron chi connectivity index (χ3n) is 1.79. The highest BCUT2D eigenvalue weighted by atomic mass is 16.5. The molecule has 17 heavy (non-hydrogen) atoms. The number of anilines is 1. The fourth-order valence-corrected chi connectivity index (χ4v) is 0.860. The fourth-order valence-electron chi connectivity index (χ4n) is 0.860. The molecule has 92 valence electrons. The number of aldehydes is 1. The normalized spacial score (nSPS) is 10.5. The maximum atomic E-state index is 10.3. The molecule has 0 aliphatic carbocycles. The van der Waals surface area contributed by atoms with Crippen LogP contribution in [0.5, 0.6) is 0 Å².